The number of halogens is 4. The highest BCUT2D eigenvalue weighted by Gasteiger charge is 2.34. The van der Waals surface area contributed by atoms with Gasteiger partial charge in [-0.15, -0.1) is 0 Å². The average Bonchev–Trinajstić information content (AvgIpc) is 2.56. The second kappa shape index (κ2) is 9.24. The number of amides is 1. The van der Waals surface area contributed by atoms with Crippen molar-refractivity contribution in [3.63, 3.8) is 0 Å². The number of carbonyl (C=O) groups excluding carboxylic acids is 1. The highest BCUT2D eigenvalue weighted by atomic mass is 79.9. The summed E-state index contributed by atoms with van der Waals surface area (Å²) in [5.74, 6) is -0.403. The van der Waals surface area contributed by atoms with Crippen molar-refractivity contribution < 1.29 is 4.79 Å². The van der Waals surface area contributed by atoms with Crippen molar-refractivity contribution in [1.29, 1.82) is 0 Å². The van der Waals surface area contributed by atoms with Crippen LogP contribution in [0.5, 0.6) is 0 Å². The summed E-state index contributed by atoms with van der Waals surface area (Å²) >= 11 is 26.5. The third-order valence-electron chi connectivity index (χ3n) is 3.29. The van der Waals surface area contributed by atoms with Gasteiger partial charge in [0.15, 0.2) is 5.11 Å². The monoisotopic (exact) mass is 493 g/mol. The minimum Gasteiger partial charge on any atom is -0.339 e. The Morgan fingerprint density at radius 1 is 1.04 bits per heavy atom. The van der Waals surface area contributed by atoms with Crippen LogP contribution in [-0.4, -0.2) is 21.0 Å². The van der Waals surface area contributed by atoms with Crippen LogP contribution in [0.15, 0.2) is 53.0 Å². The van der Waals surface area contributed by atoms with Crippen LogP contribution in [0, 0.1) is 6.92 Å². The van der Waals surface area contributed by atoms with E-state index >= 15 is 0 Å². The Hall–Kier alpha value is -1.05. The first-order chi connectivity index (χ1) is 12.1. The number of benzene rings is 2. The van der Waals surface area contributed by atoms with Gasteiger partial charge in [0.05, 0.1) is 0 Å². The first kappa shape index (κ1) is 21.3. The predicted molar refractivity (Wildman–Crippen MR) is 116 cm³/mol. The first-order valence-electron chi connectivity index (χ1n) is 7.42. The number of aryl methyl sites for hydroxylation is 1. The van der Waals surface area contributed by atoms with Gasteiger partial charge >= 0.3 is 0 Å². The van der Waals surface area contributed by atoms with Gasteiger partial charge in [-0.2, -0.15) is 0 Å². The molecule has 1 atom stereocenters. The van der Waals surface area contributed by atoms with Gasteiger partial charge in [-0.25, -0.2) is 0 Å². The Balaban J connectivity index is 2.04. The zero-order valence-electron chi connectivity index (χ0n) is 13.5. The van der Waals surface area contributed by atoms with Crippen molar-refractivity contribution >= 4 is 79.7 Å². The zero-order chi connectivity index (χ0) is 19.3. The van der Waals surface area contributed by atoms with Crippen LogP contribution >= 0.6 is 63.0 Å². The maximum atomic E-state index is 12.4. The van der Waals surface area contributed by atoms with Crippen molar-refractivity contribution in [1.82, 2.24) is 10.6 Å². The maximum Gasteiger partial charge on any atom is 0.252 e. The summed E-state index contributed by atoms with van der Waals surface area (Å²) in [7, 11) is 0. The van der Waals surface area contributed by atoms with Gasteiger partial charge in [-0.3, -0.25) is 4.79 Å². The van der Waals surface area contributed by atoms with E-state index in [-0.39, 0.29) is 5.11 Å². The smallest absolute Gasteiger partial charge is 0.252 e. The van der Waals surface area contributed by atoms with Crippen LogP contribution in [0.25, 0.3) is 0 Å². The molecule has 0 saturated carbocycles. The summed E-state index contributed by atoms with van der Waals surface area (Å²) in [5.41, 5.74) is 2.32. The number of anilines is 1. The number of hydrogen-bond acceptors (Lipinski definition) is 2. The molecule has 0 fully saturated rings. The fourth-order valence-corrected chi connectivity index (χ4v) is 2.78. The van der Waals surface area contributed by atoms with Crippen LogP contribution in [0.1, 0.15) is 15.9 Å². The van der Waals surface area contributed by atoms with Crippen LogP contribution < -0.4 is 16.0 Å². The van der Waals surface area contributed by atoms with Crippen molar-refractivity contribution in [3.8, 4) is 0 Å². The maximum absolute atomic E-state index is 12.4. The van der Waals surface area contributed by atoms with Crippen molar-refractivity contribution in [2.24, 2.45) is 0 Å². The molecule has 2 aromatic carbocycles. The lowest BCUT2D eigenvalue weighted by Gasteiger charge is -2.27. The van der Waals surface area contributed by atoms with Gasteiger partial charge in [0.1, 0.15) is 6.17 Å². The lowest BCUT2D eigenvalue weighted by molar-refractivity contribution is 0.0934. The van der Waals surface area contributed by atoms with Crippen LogP contribution in [0.2, 0.25) is 0 Å². The molecule has 4 nitrogen and oxygen atoms in total. The van der Waals surface area contributed by atoms with E-state index in [0.717, 1.165) is 15.7 Å². The fourth-order valence-electron chi connectivity index (χ4n) is 1.95. The van der Waals surface area contributed by atoms with Crippen LogP contribution in [-0.2, 0) is 0 Å². The molecule has 2 aromatic rings. The van der Waals surface area contributed by atoms with Gasteiger partial charge < -0.3 is 16.0 Å². The lowest BCUT2D eigenvalue weighted by atomic mass is 10.2. The Bertz CT molecular complexity index is 779. The topological polar surface area (TPSA) is 53.2 Å². The van der Waals surface area contributed by atoms with E-state index in [1.54, 1.807) is 24.3 Å². The Morgan fingerprint density at radius 3 is 2.15 bits per heavy atom. The van der Waals surface area contributed by atoms with Gasteiger partial charge in [0, 0.05) is 15.7 Å². The third-order valence-corrected chi connectivity index (χ3v) is 4.70. The largest absolute Gasteiger partial charge is 0.339 e. The van der Waals surface area contributed by atoms with Crippen LogP contribution in [0.3, 0.4) is 0 Å². The number of alkyl halides is 3. The van der Waals surface area contributed by atoms with Gasteiger partial charge in [-0.05, 0) is 55.5 Å². The Morgan fingerprint density at radius 2 is 1.62 bits per heavy atom. The van der Waals surface area contributed by atoms with Gasteiger partial charge in [0.2, 0.25) is 3.79 Å². The molecule has 0 saturated heterocycles. The molecule has 0 aromatic heterocycles. The standard InChI is InChI=1S/C17H15BrCl3N3OS/c1-10-2-8-13(9-3-10)22-16(26)24-15(17(19,20)21)23-14(25)11-4-6-12(18)7-5-11/h2-9,15H,1H3,(H,23,25)(H2,22,24,26)/t15-/m0/s1. The van der Waals surface area contributed by atoms with Gasteiger partial charge in [-0.1, -0.05) is 68.4 Å². The van der Waals surface area contributed by atoms with Crippen molar-refractivity contribution in [2.75, 3.05) is 5.32 Å². The van der Waals surface area contributed by atoms with E-state index in [0.29, 0.717) is 5.56 Å². The lowest BCUT2D eigenvalue weighted by Crippen LogP contribution is -2.56. The highest BCUT2D eigenvalue weighted by Crippen LogP contribution is 2.29. The minimum atomic E-state index is -1.82. The van der Waals surface area contributed by atoms with E-state index in [1.807, 2.05) is 31.2 Å². The van der Waals surface area contributed by atoms with E-state index in [1.165, 1.54) is 0 Å². The molecule has 26 heavy (non-hydrogen) atoms. The molecule has 0 heterocycles. The van der Waals surface area contributed by atoms with E-state index in [9.17, 15) is 4.79 Å². The molecule has 138 valence electrons. The SMILES string of the molecule is Cc1ccc(NC(=S)N[C@H](NC(=O)c2ccc(Br)cc2)C(Cl)(Cl)Cl)cc1. The summed E-state index contributed by atoms with van der Waals surface area (Å²) in [6, 6.07) is 14.4. The number of rotatable bonds is 4. The molecule has 1 amide bonds. The molecular formula is C17H15BrCl3N3OS. The molecule has 0 aliphatic rings. The predicted octanol–water partition coefficient (Wildman–Crippen LogP) is 5.17. The average molecular weight is 496 g/mol. The molecule has 3 N–H and O–H groups in total. The number of thiocarbonyl (C=S) groups is 1. The second-order valence-electron chi connectivity index (χ2n) is 5.42. The van der Waals surface area contributed by atoms with E-state index in [4.69, 9.17) is 47.0 Å². The summed E-state index contributed by atoms with van der Waals surface area (Å²) < 4.78 is -0.960. The molecule has 0 bridgehead atoms. The normalized spacial score (nSPS) is 12.2. The van der Waals surface area contributed by atoms with Crippen molar-refractivity contribution in [3.05, 3.63) is 64.1 Å². The molecule has 0 radical (unpaired) electrons. The van der Waals surface area contributed by atoms with Crippen LogP contribution in [0.4, 0.5) is 5.69 Å². The number of carbonyl (C=O) groups is 1. The molecule has 0 spiro atoms. The Kier molecular flexibility index (Phi) is 7.55. The summed E-state index contributed by atoms with van der Waals surface area (Å²) in [6.07, 6.45) is -1.03. The molecule has 0 aliphatic carbocycles. The molecule has 2 rings (SSSR count). The molecule has 0 aliphatic heterocycles. The zero-order valence-corrected chi connectivity index (χ0v) is 18.2. The second-order valence-corrected chi connectivity index (χ2v) is 9.11. The van der Waals surface area contributed by atoms with Crippen molar-refractivity contribution in [2.45, 2.75) is 16.9 Å². The van der Waals surface area contributed by atoms with E-state index < -0.39 is 15.9 Å². The summed E-state index contributed by atoms with van der Waals surface area (Å²) in [4.78, 5) is 12.4. The quantitative estimate of drug-likeness (QED) is 0.311. The third kappa shape index (κ3) is 6.59. The molecule has 0 unspecified atom stereocenters. The molecule has 9 heteroatoms. The van der Waals surface area contributed by atoms with E-state index in [2.05, 4.69) is 31.9 Å². The fraction of sp³-hybridized carbons (Fsp3) is 0.176. The summed E-state index contributed by atoms with van der Waals surface area (Å²) in [5, 5.41) is 8.63. The molecular weight excluding hydrogens is 481 g/mol. The first-order valence-corrected chi connectivity index (χ1v) is 9.76. The number of nitrogens with one attached hydrogen (secondary N) is 3. The summed E-state index contributed by atoms with van der Waals surface area (Å²) in [6.45, 7) is 1.98. The highest BCUT2D eigenvalue weighted by molar-refractivity contribution is 9.10. The Labute approximate surface area is 180 Å². The minimum absolute atomic E-state index is 0.210. The number of hydrogen-bond donors (Lipinski definition) is 3. The van der Waals surface area contributed by atoms with Gasteiger partial charge in [0.25, 0.3) is 5.91 Å².